The molecule has 4 heteroatoms. The molecule has 4 nitrogen and oxygen atoms in total. The van der Waals surface area contributed by atoms with Gasteiger partial charge in [0.1, 0.15) is 0 Å². The number of methoxy groups -OCH3 is 1. The lowest BCUT2D eigenvalue weighted by Gasteiger charge is -2.24. The van der Waals surface area contributed by atoms with Crippen LogP contribution in [0.15, 0.2) is 35.4 Å². The highest BCUT2D eigenvalue weighted by molar-refractivity contribution is 5.86. The number of benzene rings is 1. The maximum atomic E-state index is 5.88. The summed E-state index contributed by atoms with van der Waals surface area (Å²) in [5.41, 5.74) is 2.44. The van der Waals surface area contributed by atoms with E-state index >= 15 is 0 Å². The number of hydrogen-bond acceptors (Lipinski definition) is 4. The maximum absolute atomic E-state index is 5.88. The fraction of sp³-hybridized carbons (Fsp3) is 0.632. The molecule has 0 radical (unpaired) electrons. The third-order valence-electron chi connectivity index (χ3n) is 4.37. The summed E-state index contributed by atoms with van der Waals surface area (Å²) in [5.74, 6) is 0.340. The monoisotopic (exact) mass is 318 g/mol. The maximum Gasteiger partial charge on any atom is 0.0717 e. The van der Waals surface area contributed by atoms with Gasteiger partial charge in [-0.15, -0.1) is 0 Å². The molecule has 1 saturated heterocycles. The molecule has 1 fully saturated rings. The van der Waals surface area contributed by atoms with Crippen LogP contribution in [0, 0.1) is 5.92 Å². The highest BCUT2D eigenvalue weighted by atomic mass is 16.5. The van der Waals surface area contributed by atoms with E-state index in [1.54, 1.807) is 7.11 Å². The summed E-state index contributed by atoms with van der Waals surface area (Å²) in [6, 6.07) is 10.7. The molecule has 1 aromatic carbocycles. The highest BCUT2D eigenvalue weighted by Gasteiger charge is 2.24. The predicted molar refractivity (Wildman–Crippen MR) is 94.6 cm³/mol. The van der Waals surface area contributed by atoms with Crippen LogP contribution in [0.2, 0.25) is 0 Å². The molecule has 0 unspecified atom stereocenters. The Morgan fingerprint density at radius 2 is 2.13 bits per heavy atom. The van der Waals surface area contributed by atoms with Crippen LogP contribution < -0.4 is 0 Å². The van der Waals surface area contributed by atoms with Gasteiger partial charge < -0.3 is 9.47 Å². The van der Waals surface area contributed by atoms with Crippen LogP contribution in [0.4, 0.5) is 0 Å². The van der Waals surface area contributed by atoms with E-state index < -0.39 is 0 Å². The normalized spacial score (nSPS) is 20.0. The van der Waals surface area contributed by atoms with Crippen molar-refractivity contribution >= 4 is 5.71 Å². The van der Waals surface area contributed by atoms with Crippen molar-refractivity contribution in [3.63, 3.8) is 0 Å². The van der Waals surface area contributed by atoms with E-state index in [-0.39, 0.29) is 0 Å². The summed E-state index contributed by atoms with van der Waals surface area (Å²) in [4.78, 5) is 0. The molecule has 0 aliphatic carbocycles. The molecule has 0 spiro atoms. The molecule has 0 bridgehead atoms. The Balaban J connectivity index is 1.85. The van der Waals surface area contributed by atoms with E-state index in [1.165, 1.54) is 24.1 Å². The van der Waals surface area contributed by atoms with Crippen molar-refractivity contribution in [2.24, 2.45) is 11.0 Å². The first-order chi connectivity index (χ1) is 11.2. The van der Waals surface area contributed by atoms with E-state index in [9.17, 15) is 0 Å². The zero-order chi connectivity index (χ0) is 16.5. The summed E-state index contributed by atoms with van der Waals surface area (Å²) < 4.78 is 11.2. The van der Waals surface area contributed by atoms with Gasteiger partial charge in [-0.1, -0.05) is 44.2 Å². The van der Waals surface area contributed by atoms with Crippen LogP contribution in [-0.2, 0) is 16.1 Å². The summed E-state index contributed by atoms with van der Waals surface area (Å²) in [7, 11) is 1.76. The van der Waals surface area contributed by atoms with Crippen LogP contribution in [0.25, 0.3) is 0 Å². The van der Waals surface area contributed by atoms with E-state index in [4.69, 9.17) is 14.6 Å². The molecule has 1 heterocycles. The number of rotatable bonds is 9. The minimum atomic E-state index is 0.340. The molecule has 1 aliphatic heterocycles. The van der Waals surface area contributed by atoms with Gasteiger partial charge >= 0.3 is 0 Å². The lowest BCUT2D eigenvalue weighted by molar-refractivity contribution is 0.104. The molecule has 1 aromatic rings. The highest BCUT2D eigenvalue weighted by Crippen LogP contribution is 2.19. The van der Waals surface area contributed by atoms with Gasteiger partial charge in [0.2, 0.25) is 0 Å². The topological polar surface area (TPSA) is 34.1 Å². The van der Waals surface area contributed by atoms with E-state index in [0.29, 0.717) is 25.2 Å². The molecule has 0 aromatic heterocycles. The molecule has 0 N–H and O–H groups in total. The Hall–Kier alpha value is -1.39. The third-order valence-corrected chi connectivity index (χ3v) is 4.37. The first-order valence-corrected chi connectivity index (χ1v) is 8.69. The second-order valence-corrected chi connectivity index (χ2v) is 6.26. The van der Waals surface area contributed by atoms with Crippen LogP contribution in [0.3, 0.4) is 0 Å². The van der Waals surface area contributed by atoms with Crippen LogP contribution in [0.1, 0.15) is 38.7 Å². The van der Waals surface area contributed by atoms with Crippen molar-refractivity contribution < 1.29 is 9.47 Å². The third kappa shape index (κ3) is 5.63. The summed E-state index contributed by atoms with van der Waals surface area (Å²) in [6.07, 6.45) is 3.34. The SMILES string of the molecule is CC/C(=N/N1CCC[C@@H]1COC)[C@H](C)COCc1ccccc1. The Labute approximate surface area is 140 Å². The molecular weight excluding hydrogens is 288 g/mol. The molecular formula is C19H30N2O2. The smallest absolute Gasteiger partial charge is 0.0717 e. The summed E-state index contributed by atoms with van der Waals surface area (Å²) in [6.45, 7) is 7.56. The zero-order valence-corrected chi connectivity index (χ0v) is 14.7. The Morgan fingerprint density at radius 3 is 2.83 bits per heavy atom. The minimum absolute atomic E-state index is 0.340. The Morgan fingerprint density at radius 1 is 1.35 bits per heavy atom. The number of hydrogen-bond donors (Lipinski definition) is 0. The minimum Gasteiger partial charge on any atom is -0.382 e. The van der Waals surface area contributed by atoms with Crippen molar-refractivity contribution in [1.29, 1.82) is 0 Å². The van der Waals surface area contributed by atoms with Crippen molar-refractivity contribution in [1.82, 2.24) is 5.01 Å². The van der Waals surface area contributed by atoms with E-state index in [0.717, 1.165) is 19.6 Å². The van der Waals surface area contributed by atoms with Crippen molar-refractivity contribution in [2.75, 3.05) is 26.9 Å². The molecule has 1 aliphatic rings. The molecule has 2 rings (SSSR count). The largest absolute Gasteiger partial charge is 0.382 e. The van der Waals surface area contributed by atoms with Gasteiger partial charge in [-0.05, 0) is 24.8 Å². The van der Waals surface area contributed by atoms with E-state index in [1.807, 2.05) is 18.2 Å². The quantitative estimate of drug-likeness (QED) is 0.651. The van der Waals surface area contributed by atoms with Gasteiger partial charge in [0.05, 0.1) is 25.9 Å². The predicted octanol–water partition coefficient (Wildman–Crippen LogP) is 3.72. The van der Waals surface area contributed by atoms with Crippen LogP contribution in [-0.4, -0.2) is 43.6 Å². The van der Waals surface area contributed by atoms with Gasteiger partial charge in [-0.3, -0.25) is 5.01 Å². The fourth-order valence-corrected chi connectivity index (χ4v) is 3.02. The number of ether oxygens (including phenoxy) is 2. The van der Waals surface area contributed by atoms with Gasteiger partial charge in [-0.25, -0.2) is 0 Å². The number of hydrazone groups is 1. The first-order valence-electron chi connectivity index (χ1n) is 8.69. The zero-order valence-electron chi connectivity index (χ0n) is 14.7. The molecule has 0 saturated carbocycles. The van der Waals surface area contributed by atoms with Crippen molar-refractivity contribution in [3.05, 3.63) is 35.9 Å². The molecule has 128 valence electrons. The molecule has 2 atom stereocenters. The summed E-state index contributed by atoms with van der Waals surface area (Å²) >= 11 is 0. The van der Waals surface area contributed by atoms with Crippen LogP contribution >= 0.6 is 0 Å². The second-order valence-electron chi connectivity index (χ2n) is 6.26. The van der Waals surface area contributed by atoms with Gasteiger partial charge in [0, 0.05) is 25.3 Å². The molecule has 23 heavy (non-hydrogen) atoms. The Kier molecular flexibility index (Phi) is 7.56. The average Bonchev–Trinajstić information content (AvgIpc) is 3.01. The summed E-state index contributed by atoms with van der Waals surface area (Å²) in [5, 5.41) is 7.13. The van der Waals surface area contributed by atoms with Crippen molar-refractivity contribution in [3.8, 4) is 0 Å². The van der Waals surface area contributed by atoms with Gasteiger partial charge in [-0.2, -0.15) is 5.10 Å². The lowest BCUT2D eigenvalue weighted by atomic mass is 10.1. The van der Waals surface area contributed by atoms with E-state index in [2.05, 4.69) is 31.0 Å². The Bertz CT molecular complexity index is 476. The van der Waals surface area contributed by atoms with Gasteiger partial charge in [0.25, 0.3) is 0 Å². The fourth-order valence-electron chi connectivity index (χ4n) is 3.02. The van der Waals surface area contributed by atoms with Gasteiger partial charge in [0.15, 0.2) is 0 Å². The lowest BCUT2D eigenvalue weighted by Crippen LogP contribution is -2.31. The first kappa shape index (κ1) is 18.0. The number of nitrogens with zero attached hydrogens (tertiary/aromatic N) is 2. The second kappa shape index (κ2) is 9.68. The van der Waals surface area contributed by atoms with Crippen LogP contribution in [0.5, 0.6) is 0 Å². The average molecular weight is 318 g/mol. The van der Waals surface area contributed by atoms with Crippen molar-refractivity contribution in [2.45, 2.75) is 45.8 Å². The molecule has 0 amide bonds. The standard InChI is InChI=1S/C19H30N2O2/c1-4-19(20-21-12-8-11-18(21)15-22-3)16(2)13-23-14-17-9-6-5-7-10-17/h5-7,9-10,16,18H,4,8,11-15H2,1-3H3/b20-19-/t16-,18-/m1/s1.